The van der Waals surface area contributed by atoms with Gasteiger partial charge in [-0.1, -0.05) is 0 Å². The Morgan fingerprint density at radius 2 is 2.25 bits per heavy atom. The fraction of sp³-hybridized carbons (Fsp3) is 0.333. The van der Waals surface area contributed by atoms with Crippen LogP contribution in [-0.2, 0) is 16.0 Å². The molecule has 1 aliphatic heterocycles. The molecule has 1 aromatic rings. The van der Waals surface area contributed by atoms with Crippen LogP contribution in [0.25, 0.3) is 6.08 Å². The Morgan fingerprint density at radius 1 is 1.50 bits per heavy atom. The predicted octanol–water partition coefficient (Wildman–Crippen LogP) is 2.10. The molecule has 0 fully saturated rings. The van der Waals surface area contributed by atoms with Crippen molar-refractivity contribution in [1.29, 1.82) is 5.26 Å². The Kier molecular flexibility index (Phi) is 3.94. The zero-order valence-corrected chi connectivity index (χ0v) is 11.6. The molecular formula is C15H15NO4. The Morgan fingerprint density at radius 3 is 2.85 bits per heavy atom. The first-order valence-electron chi connectivity index (χ1n) is 6.16. The van der Waals surface area contributed by atoms with Crippen molar-refractivity contribution < 1.29 is 19.0 Å². The molecule has 5 nitrogen and oxygen atoms in total. The van der Waals surface area contributed by atoms with E-state index < -0.39 is 5.97 Å². The summed E-state index contributed by atoms with van der Waals surface area (Å²) in [5.74, 6) is 0.675. The van der Waals surface area contributed by atoms with Crippen molar-refractivity contribution in [1.82, 2.24) is 0 Å². The minimum absolute atomic E-state index is 0.0863. The third kappa shape index (κ3) is 2.59. The van der Waals surface area contributed by atoms with Crippen molar-refractivity contribution in [2.24, 2.45) is 0 Å². The third-order valence-corrected chi connectivity index (χ3v) is 3.07. The van der Waals surface area contributed by atoms with Gasteiger partial charge in [0.1, 0.15) is 29.2 Å². The van der Waals surface area contributed by atoms with Gasteiger partial charge in [-0.2, -0.15) is 5.26 Å². The van der Waals surface area contributed by atoms with Crippen LogP contribution in [-0.4, -0.2) is 26.3 Å². The highest BCUT2D eigenvalue weighted by Crippen LogP contribution is 2.35. The number of esters is 1. The predicted molar refractivity (Wildman–Crippen MR) is 72.4 cm³/mol. The van der Waals surface area contributed by atoms with Crippen LogP contribution in [0.4, 0.5) is 0 Å². The van der Waals surface area contributed by atoms with Crippen LogP contribution in [0, 0.1) is 11.3 Å². The molecule has 20 heavy (non-hydrogen) atoms. The number of nitrogens with zero attached hydrogens (tertiary/aromatic N) is 1. The van der Waals surface area contributed by atoms with Crippen LogP contribution < -0.4 is 9.47 Å². The number of benzene rings is 1. The maximum atomic E-state index is 11.4. The van der Waals surface area contributed by atoms with Crippen LogP contribution in [0.5, 0.6) is 11.5 Å². The summed E-state index contributed by atoms with van der Waals surface area (Å²) in [6.07, 6.45) is 2.37. The zero-order valence-electron chi connectivity index (χ0n) is 11.6. The number of hydrogen-bond donors (Lipinski definition) is 0. The minimum atomic E-state index is -0.677. The van der Waals surface area contributed by atoms with Crippen LogP contribution in [0.2, 0.25) is 0 Å². The summed E-state index contributed by atoms with van der Waals surface area (Å²) in [7, 11) is 2.78. The van der Waals surface area contributed by atoms with Crippen molar-refractivity contribution in [2.45, 2.75) is 19.4 Å². The monoisotopic (exact) mass is 273 g/mol. The fourth-order valence-corrected chi connectivity index (χ4v) is 2.15. The second-order valence-electron chi connectivity index (χ2n) is 4.50. The SMILES string of the molecule is COC(=O)/C(C#N)=C/c1cc2c(cc1OC)CC(C)O2. The van der Waals surface area contributed by atoms with Crippen LogP contribution in [0.15, 0.2) is 17.7 Å². The number of nitriles is 1. The summed E-state index contributed by atoms with van der Waals surface area (Å²) >= 11 is 0. The first-order valence-corrected chi connectivity index (χ1v) is 6.16. The quantitative estimate of drug-likeness (QED) is 0.479. The molecule has 1 atom stereocenters. The van der Waals surface area contributed by atoms with Gasteiger partial charge in [-0.05, 0) is 25.1 Å². The number of ether oxygens (including phenoxy) is 3. The Bertz CT molecular complexity index is 613. The summed E-state index contributed by atoms with van der Waals surface area (Å²) in [6, 6.07) is 5.47. The Hall–Kier alpha value is -2.48. The van der Waals surface area contributed by atoms with E-state index in [1.807, 2.05) is 19.1 Å². The normalized spacial score (nSPS) is 16.9. The number of carbonyl (C=O) groups is 1. The summed E-state index contributed by atoms with van der Waals surface area (Å²) in [6.45, 7) is 1.98. The van der Waals surface area contributed by atoms with Gasteiger partial charge in [-0.15, -0.1) is 0 Å². The van der Waals surface area contributed by atoms with E-state index in [4.69, 9.17) is 14.7 Å². The molecule has 1 unspecified atom stereocenters. The van der Waals surface area contributed by atoms with Gasteiger partial charge in [0.05, 0.1) is 14.2 Å². The lowest BCUT2D eigenvalue weighted by Gasteiger charge is -2.08. The second kappa shape index (κ2) is 5.66. The molecule has 1 aromatic carbocycles. The van der Waals surface area contributed by atoms with E-state index in [1.54, 1.807) is 13.2 Å². The highest BCUT2D eigenvalue weighted by Gasteiger charge is 2.21. The molecule has 0 N–H and O–H groups in total. The maximum absolute atomic E-state index is 11.4. The zero-order chi connectivity index (χ0) is 14.7. The standard InChI is InChI=1S/C15H15NO4/c1-9-4-10-6-13(18-2)11(7-14(10)20-9)5-12(8-16)15(17)19-3/h5-7,9H,4H2,1-3H3/b12-5+. The summed E-state index contributed by atoms with van der Waals surface area (Å²) in [5, 5.41) is 9.00. The summed E-state index contributed by atoms with van der Waals surface area (Å²) in [5.41, 5.74) is 1.59. The molecule has 0 aromatic heterocycles. The van der Waals surface area contributed by atoms with E-state index in [-0.39, 0.29) is 11.7 Å². The van der Waals surface area contributed by atoms with Crippen LogP contribution in [0.1, 0.15) is 18.1 Å². The van der Waals surface area contributed by atoms with E-state index in [0.717, 1.165) is 17.7 Å². The number of fused-ring (bicyclic) bond motifs is 1. The Labute approximate surface area is 117 Å². The fourth-order valence-electron chi connectivity index (χ4n) is 2.15. The van der Waals surface area contributed by atoms with Gasteiger partial charge < -0.3 is 14.2 Å². The van der Waals surface area contributed by atoms with E-state index in [1.165, 1.54) is 13.2 Å². The first kappa shape index (κ1) is 13.9. The summed E-state index contributed by atoms with van der Waals surface area (Å²) in [4.78, 5) is 11.4. The number of carbonyl (C=O) groups excluding carboxylic acids is 1. The van der Waals surface area contributed by atoms with Crippen LogP contribution in [0.3, 0.4) is 0 Å². The van der Waals surface area contributed by atoms with E-state index >= 15 is 0 Å². The lowest BCUT2D eigenvalue weighted by atomic mass is 10.0. The van der Waals surface area contributed by atoms with E-state index in [9.17, 15) is 4.79 Å². The van der Waals surface area contributed by atoms with Crippen molar-refractivity contribution in [3.8, 4) is 17.6 Å². The molecule has 2 rings (SSSR count). The van der Waals surface area contributed by atoms with Crippen molar-refractivity contribution in [3.05, 3.63) is 28.8 Å². The van der Waals surface area contributed by atoms with Crippen LogP contribution >= 0.6 is 0 Å². The van der Waals surface area contributed by atoms with Gasteiger partial charge in [0, 0.05) is 17.5 Å². The molecule has 1 heterocycles. The highest BCUT2D eigenvalue weighted by atomic mass is 16.5. The topological polar surface area (TPSA) is 68.6 Å². The molecule has 0 spiro atoms. The number of rotatable bonds is 3. The summed E-state index contributed by atoms with van der Waals surface area (Å²) < 4.78 is 15.5. The average Bonchev–Trinajstić information content (AvgIpc) is 2.81. The lowest BCUT2D eigenvalue weighted by molar-refractivity contribution is -0.135. The van der Waals surface area contributed by atoms with Gasteiger partial charge in [0.2, 0.25) is 0 Å². The molecular weight excluding hydrogens is 258 g/mol. The largest absolute Gasteiger partial charge is 0.496 e. The second-order valence-corrected chi connectivity index (χ2v) is 4.50. The minimum Gasteiger partial charge on any atom is -0.496 e. The van der Waals surface area contributed by atoms with E-state index in [2.05, 4.69) is 4.74 Å². The van der Waals surface area contributed by atoms with Gasteiger partial charge in [0.25, 0.3) is 0 Å². The molecule has 0 saturated carbocycles. The van der Waals surface area contributed by atoms with Crippen molar-refractivity contribution in [2.75, 3.05) is 14.2 Å². The molecule has 0 bridgehead atoms. The average molecular weight is 273 g/mol. The third-order valence-electron chi connectivity index (χ3n) is 3.07. The lowest BCUT2D eigenvalue weighted by Crippen LogP contribution is -2.05. The smallest absolute Gasteiger partial charge is 0.348 e. The van der Waals surface area contributed by atoms with Gasteiger partial charge >= 0.3 is 5.97 Å². The molecule has 0 radical (unpaired) electrons. The van der Waals surface area contributed by atoms with Gasteiger partial charge in [-0.3, -0.25) is 0 Å². The maximum Gasteiger partial charge on any atom is 0.348 e. The van der Waals surface area contributed by atoms with E-state index in [0.29, 0.717) is 11.3 Å². The molecule has 0 saturated heterocycles. The molecule has 5 heteroatoms. The molecule has 0 aliphatic carbocycles. The molecule has 1 aliphatic rings. The highest BCUT2D eigenvalue weighted by molar-refractivity contribution is 5.98. The number of hydrogen-bond acceptors (Lipinski definition) is 5. The van der Waals surface area contributed by atoms with Crippen molar-refractivity contribution in [3.63, 3.8) is 0 Å². The first-order chi connectivity index (χ1) is 9.58. The molecule has 0 amide bonds. The molecule has 104 valence electrons. The van der Waals surface area contributed by atoms with Gasteiger partial charge in [0.15, 0.2) is 0 Å². The Balaban J connectivity index is 2.47. The van der Waals surface area contributed by atoms with Crippen molar-refractivity contribution >= 4 is 12.0 Å². The number of methoxy groups -OCH3 is 2. The van der Waals surface area contributed by atoms with Gasteiger partial charge in [-0.25, -0.2) is 4.79 Å².